The number of hydrogen-bond donors (Lipinski definition) is 3. The maximum atomic E-state index is 11.5. The van der Waals surface area contributed by atoms with Crippen molar-refractivity contribution >= 4 is 32.7 Å². The van der Waals surface area contributed by atoms with Crippen LogP contribution in [-0.2, 0) is 10.1 Å². The first kappa shape index (κ1) is 14.0. The lowest BCUT2D eigenvalue weighted by molar-refractivity contribution is 0.0691. The molecule has 2 aromatic rings. The van der Waals surface area contributed by atoms with Crippen LogP contribution >= 0.6 is 0 Å². The van der Waals surface area contributed by atoms with Crippen molar-refractivity contribution in [3.63, 3.8) is 0 Å². The molecule has 0 bridgehead atoms. The highest BCUT2D eigenvalue weighted by molar-refractivity contribution is 7.86. The Morgan fingerprint density at radius 1 is 1.35 bits per heavy atom. The summed E-state index contributed by atoms with van der Waals surface area (Å²) in [5.41, 5.74) is 3.42. The molecule has 0 aliphatic heterocycles. The summed E-state index contributed by atoms with van der Waals surface area (Å²) in [6.45, 7) is 1.33. The Morgan fingerprint density at radius 2 is 1.95 bits per heavy atom. The molecular formula is C11H9NO7S. The molecule has 0 saturated carbocycles. The van der Waals surface area contributed by atoms with Gasteiger partial charge in [0.1, 0.15) is 16.0 Å². The van der Waals surface area contributed by atoms with E-state index in [1.807, 2.05) is 0 Å². The molecule has 20 heavy (non-hydrogen) atoms. The molecule has 0 fully saturated rings. The first-order valence-electron chi connectivity index (χ1n) is 5.20. The lowest BCUT2D eigenvalue weighted by atomic mass is 10.1. The maximum absolute atomic E-state index is 11.5. The zero-order valence-electron chi connectivity index (χ0n) is 10.1. The van der Waals surface area contributed by atoms with Crippen molar-refractivity contribution in [1.82, 2.24) is 0 Å². The predicted molar refractivity (Wildman–Crippen MR) is 68.4 cm³/mol. The molecule has 0 atom stereocenters. The van der Waals surface area contributed by atoms with Gasteiger partial charge in [-0.25, -0.2) is 9.59 Å². The average molecular weight is 299 g/mol. The van der Waals surface area contributed by atoms with Crippen LogP contribution in [0.15, 0.2) is 26.2 Å². The van der Waals surface area contributed by atoms with E-state index in [0.717, 1.165) is 12.1 Å². The van der Waals surface area contributed by atoms with Gasteiger partial charge in [0.05, 0.1) is 5.69 Å². The highest BCUT2D eigenvalue weighted by Gasteiger charge is 2.21. The quantitative estimate of drug-likeness (QED) is 0.415. The number of anilines is 1. The fraction of sp³-hybridized carbons (Fsp3) is 0.0909. The van der Waals surface area contributed by atoms with Crippen molar-refractivity contribution in [2.45, 2.75) is 11.8 Å². The number of carboxylic acids is 1. The number of hydrogen-bond acceptors (Lipinski definition) is 6. The second-order valence-corrected chi connectivity index (χ2v) is 5.45. The van der Waals surface area contributed by atoms with Crippen LogP contribution in [0.5, 0.6) is 0 Å². The molecule has 0 aliphatic carbocycles. The Labute approximate surface area is 112 Å². The summed E-state index contributed by atoms with van der Waals surface area (Å²) in [7, 11) is -4.58. The molecule has 0 unspecified atom stereocenters. The number of aryl methyl sites for hydroxylation is 1. The van der Waals surface area contributed by atoms with E-state index < -0.39 is 32.2 Å². The van der Waals surface area contributed by atoms with Crippen LogP contribution in [0.1, 0.15) is 15.9 Å². The van der Waals surface area contributed by atoms with Crippen molar-refractivity contribution in [3.8, 4) is 0 Å². The number of nitrogen functional groups attached to an aromatic ring is 1. The van der Waals surface area contributed by atoms with E-state index in [0.29, 0.717) is 0 Å². The van der Waals surface area contributed by atoms with Gasteiger partial charge in [0.15, 0.2) is 0 Å². The lowest BCUT2D eigenvalue weighted by Gasteiger charge is -2.08. The normalized spacial score (nSPS) is 11.7. The number of fused-ring (bicyclic) bond motifs is 1. The number of benzene rings is 1. The van der Waals surface area contributed by atoms with Gasteiger partial charge in [0.2, 0.25) is 0 Å². The summed E-state index contributed by atoms with van der Waals surface area (Å²) in [6.07, 6.45) is 0. The minimum atomic E-state index is -4.58. The highest BCUT2D eigenvalue weighted by atomic mass is 32.2. The number of carboxylic acid groups (broad SMARTS) is 1. The third-order valence-corrected chi connectivity index (χ3v) is 3.70. The third kappa shape index (κ3) is 2.12. The molecule has 0 saturated heterocycles. The Hall–Kier alpha value is -2.39. The minimum absolute atomic E-state index is 0.0219. The van der Waals surface area contributed by atoms with Crippen molar-refractivity contribution in [2.24, 2.45) is 0 Å². The van der Waals surface area contributed by atoms with E-state index in [2.05, 4.69) is 0 Å². The predicted octanol–water partition coefficient (Wildman–Crippen LogP) is 0.629. The van der Waals surface area contributed by atoms with Gasteiger partial charge >= 0.3 is 11.6 Å². The van der Waals surface area contributed by atoms with Crippen LogP contribution in [0.3, 0.4) is 0 Å². The molecule has 0 radical (unpaired) electrons. The summed E-state index contributed by atoms with van der Waals surface area (Å²) in [6, 6.07) is 2.00. The molecule has 1 aromatic heterocycles. The van der Waals surface area contributed by atoms with Gasteiger partial charge in [-0.2, -0.15) is 8.42 Å². The van der Waals surface area contributed by atoms with Crippen LogP contribution in [0, 0.1) is 6.92 Å². The van der Waals surface area contributed by atoms with Crippen LogP contribution < -0.4 is 11.4 Å². The molecule has 4 N–H and O–H groups in total. The van der Waals surface area contributed by atoms with Crippen molar-refractivity contribution < 1.29 is 27.3 Å². The molecule has 0 spiro atoms. The first-order valence-corrected chi connectivity index (χ1v) is 6.64. The molecule has 0 aliphatic rings. The summed E-state index contributed by atoms with van der Waals surface area (Å²) in [5, 5.41) is 9.00. The fourth-order valence-electron chi connectivity index (χ4n) is 1.86. The summed E-state index contributed by atoms with van der Waals surface area (Å²) in [5.74, 6) is -1.50. The summed E-state index contributed by atoms with van der Waals surface area (Å²) in [4.78, 5) is 21.9. The van der Waals surface area contributed by atoms with E-state index >= 15 is 0 Å². The molecule has 2 rings (SSSR count). The fourth-order valence-corrected chi connectivity index (χ4v) is 2.49. The smallest absolute Gasteiger partial charge is 0.351 e. The zero-order valence-corrected chi connectivity index (χ0v) is 10.9. The third-order valence-electron chi connectivity index (χ3n) is 2.79. The van der Waals surface area contributed by atoms with E-state index in [1.54, 1.807) is 0 Å². The van der Waals surface area contributed by atoms with Gasteiger partial charge < -0.3 is 15.3 Å². The molecule has 8 nitrogen and oxygen atoms in total. The van der Waals surface area contributed by atoms with Crippen LogP contribution in [0.4, 0.5) is 5.69 Å². The van der Waals surface area contributed by atoms with E-state index in [1.165, 1.54) is 6.92 Å². The highest BCUT2D eigenvalue weighted by Crippen LogP contribution is 2.27. The Morgan fingerprint density at radius 3 is 2.45 bits per heavy atom. The van der Waals surface area contributed by atoms with Crippen molar-refractivity contribution in [3.05, 3.63) is 33.7 Å². The number of nitrogens with two attached hydrogens (primary N) is 1. The standard InChI is InChI=1S/C11H9NO7S/c1-4-5-2-8(20(16,17)18)6(12)3-7(5)19-11(15)9(4)10(13)14/h2-3H,12H2,1H3,(H,13,14)(H,16,17,18). The molecule has 1 aromatic carbocycles. The monoisotopic (exact) mass is 299 g/mol. The largest absolute Gasteiger partial charge is 0.477 e. The molecule has 1 heterocycles. The number of rotatable bonds is 2. The molecule has 0 amide bonds. The average Bonchev–Trinajstić information content (AvgIpc) is 2.25. The van der Waals surface area contributed by atoms with E-state index in [-0.39, 0.29) is 22.2 Å². The molecule has 106 valence electrons. The Kier molecular flexibility index (Phi) is 3.03. The van der Waals surface area contributed by atoms with Gasteiger partial charge in [0.25, 0.3) is 10.1 Å². The number of aromatic carboxylic acids is 1. The molecule has 9 heteroatoms. The minimum Gasteiger partial charge on any atom is -0.477 e. The van der Waals surface area contributed by atoms with Gasteiger partial charge in [-0.3, -0.25) is 4.55 Å². The maximum Gasteiger partial charge on any atom is 0.351 e. The number of carbonyl (C=O) groups is 1. The Bertz CT molecular complexity index is 895. The topological polar surface area (TPSA) is 148 Å². The van der Waals surface area contributed by atoms with Crippen LogP contribution in [-0.4, -0.2) is 24.0 Å². The Balaban J connectivity index is 3.01. The summed E-state index contributed by atoms with van der Waals surface area (Å²) < 4.78 is 36.2. The van der Waals surface area contributed by atoms with E-state index in [4.69, 9.17) is 19.8 Å². The van der Waals surface area contributed by atoms with Crippen LogP contribution in [0.25, 0.3) is 11.0 Å². The second kappa shape index (κ2) is 4.32. The van der Waals surface area contributed by atoms with Gasteiger partial charge in [-0.1, -0.05) is 0 Å². The lowest BCUT2D eigenvalue weighted by Crippen LogP contribution is -2.16. The molecular weight excluding hydrogens is 290 g/mol. The van der Waals surface area contributed by atoms with Gasteiger partial charge in [0, 0.05) is 11.5 Å². The van der Waals surface area contributed by atoms with Gasteiger partial charge in [-0.15, -0.1) is 0 Å². The first-order chi connectivity index (χ1) is 9.12. The second-order valence-electron chi connectivity index (χ2n) is 4.06. The van der Waals surface area contributed by atoms with Crippen LogP contribution in [0.2, 0.25) is 0 Å². The van der Waals surface area contributed by atoms with Gasteiger partial charge in [-0.05, 0) is 18.6 Å². The SMILES string of the molecule is Cc1c(C(=O)O)c(=O)oc2cc(N)c(S(=O)(=O)O)cc12. The van der Waals surface area contributed by atoms with E-state index in [9.17, 15) is 18.0 Å². The van der Waals surface area contributed by atoms with Crippen molar-refractivity contribution in [1.29, 1.82) is 0 Å². The zero-order chi connectivity index (χ0) is 15.2. The summed E-state index contributed by atoms with van der Waals surface area (Å²) >= 11 is 0. The van der Waals surface area contributed by atoms with Crippen molar-refractivity contribution in [2.75, 3.05) is 5.73 Å².